The molecule has 0 aliphatic rings. The number of aromatic nitrogens is 2. The van der Waals surface area contributed by atoms with Gasteiger partial charge in [-0.05, 0) is 24.3 Å². The molecule has 0 amide bonds. The molecule has 3 rings (SSSR count). The predicted octanol–water partition coefficient (Wildman–Crippen LogP) is 2.78. The minimum Gasteiger partial charge on any atom is -0.482 e. The number of hydrogen-bond donors (Lipinski definition) is 0. The van der Waals surface area contributed by atoms with E-state index in [-0.39, 0.29) is 6.61 Å². The van der Waals surface area contributed by atoms with Gasteiger partial charge in [0.2, 0.25) is 0 Å². The van der Waals surface area contributed by atoms with Gasteiger partial charge >= 0.3 is 0 Å². The Kier molecular flexibility index (Phi) is 3.17. The third kappa shape index (κ3) is 2.37. The zero-order chi connectivity index (χ0) is 13.8. The maximum atomic E-state index is 8.95. The van der Waals surface area contributed by atoms with E-state index in [1.165, 1.54) is 6.26 Å². The van der Waals surface area contributed by atoms with Crippen molar-refractivity contribution in [3.05, 3.63) is 54.1 Å². The lowest BCUT2D eigenvalue weighted by molar-refractivity contribution is 0.263. The Morgan fingerprint density at radius 2 is 2.05 bits per heavy atom. The normalized spacial score (nSPS) is 10.2. The lowest BCUT2D eigenvalue weighted by Gasteiger charge is -2.04. The van der Waals surface area contributed by atoms with Crippen LogP contribution in [0.4, 0.5) is 0 Å². The average Bonchev–Trinajstić information content (AvgIpc) is 3.16. The lowest BCUT2D eigenvalue weighted by atomic mass is 10.2. The van der Waals surface area contributed by atoms with Gasteiger partial charge in [-0.15, -0.1) is 10.2 Å². The highest BCUT2D eigenvalue weighted by molar-refractivity contribution is 5.43. The zero-order valence-electron chi connectivity index (χ0n) is 10.3. The van der Waals surface area contributed by atoms with Crippen LogP contribution in [0.5, 0.6) is 5.75 Å². The van der Waals surface area contributed by atoms with Crippen LogP contribution in [0.3, 0.4) is 0 Å². The summed E-state index contributed by atoms with van der Waals surface area (Å²) in [5.74, 6) is 1.58. The SMILES string of the molecule is N#Cc1ccccc1OCc1nnc(-c2ccco2)o1. The number of nitrogens with zero attached hydrogens (tertiary/aromatic N) is 3. The molecule has 0 fully saturated rings. The first kappa shape index (κ1) is 12.0. The Morgan fingerprint density at radius 3 is 2.85 bits per heavy atom. The first-order valence-electron chi connectivity index (χ1n) is 5.85. The number of para-hydroxylation sites is 1. The van der Waals surface area contributed by atoms with Gasteiger partial charge in [-0.3, -0.25) is 0 Å². The Labute approximate surface area is 114 Å². The molecule has 98 valence electrons. The second kappa shape index (κ2) is 5.28. The summed E-state index contributed by atoms with van der Waals surface area (Å²) in [5.41, 5.74) is 0.457. The highest BCUT2D eigenvalue weighted by Crippen LogP contribution is 2.20. The van der Waals surface area contributed by atoms with Gasteiger partial charge < -0.3 is 13.6 Å². The molecule has 0 aliphatic heterocycles. The van der Waals surface area contributed by atoms with Gasteiger partial charge in [-0.25, -0.2) is 0 Å². The van der Waals surface area contributed by atoms with Crippen molar-refractivity contribution in [2.45, 2.75) is 6.61 Å². The smallest absolute Gasteiger partial charge is 0.283 e. The summed E-state index contributed by atoms with van der Waals surface area (Å²) < 4.78 is 16.0. The summed E-state index contributed by atoms with van der Waals surface area (Å²) in [6, 6.07) is 12.5. The van der Waals surface area contributed by atoms with E-state index in [4.69, 9.17) is 18.8 Å². The molecular formula is C14H9N3O3. The van der Waals surface area contributed by atoms with Crippen LogP contribution in [-0.2, 0) is 6.61 Å². The second-order valence-electron chi connectivity index (χ2n) is 3.87. The zero-order valence-corrected chi connectivity index (χ0v) is 10.3. The van der Waals surface area contributed by atoms with Crippen LogP contribution < -0.4 is 4.74 Å². The van der Waals surface area contributed by atoms with Crippen molar-refractivity contribution in [1.82, 2.24) is 10.2 Å². The monoisotopic (exact) mass is 267 g/mol. The van der Waals surface area contributed by atoms with E-state index >= 15 is 0 Å². The highest BCUT2D eigenvalue weighted by atomic mass is 16.5. The second-order valence-corrected chi connectivity index (χ2v) is 3.87. The molecule has 6 nitrogen and oxygen atoms in total. The number of furan rings is 1. The van der Waals surface area contributed by atoms with Crippen LogP contribution in [0.1, 0.15) is 11.5 Å². The number of nitriles is 1. The molecule has 2 aromatic heterocycles. The topological polar surface area (TPSA) is 85.1 Å². The summed E-state index contributed by atoms with van der Waals surface area (Å²) in [4.78, 5) is 0. The van der Waals surface area contributed by atoms with Crippen LogP contribution in [0, 0.1) is 11.3 Å². The molecule has 0 saturated heterocycles. The van der Waals surface area contributed by atoms with Crippen molar-refractivity contribution >= 4 is 0 Å². The molecule has 2 heterocycles. The molecule has 0 spiro atoms. The summed E-state index contributed by atoms with van der Waals surface area (Å²) in [7, 11) is 0. The predicted molar refractivity (Wildman–Crippen MR) is 67.5 cm³/mol. The van der Waals surface area contributed by atoms with Crippen molar-refractivity contribution in [1.29, 1.82) is 5.26 Å². The molecule has 1 aromatic carbocycles. The first-order chi connectivity index (χ1) is 9.86. The number of benzene rings is 1. The van der Waals surface area contributed by atoms with Crippen molar-refractivity contribution in [2.75, 3.05) is 0 Å². The van der Waals surface area contributed by atoms with Gasteiger partial charge in [-0.1, -0.05) is 12.1 Å². The molecule has 0 radical (unpaired) electrons. The Hall–Kier alpha value is -3.07. The van der Waals surface area contributed by atoms with Gasteiger partial charge in [0.15, 0.2) is 12.4 Å². The fourth-order valence-electron chi connectivity index (χ4n) is 1.64. The molecule has 0 aliphatic carbocycles. The minimum absolute atomic E-state index is 0.0897. The van der Waals surface area contributed by atoms with E-state index in [9.17, 15) is 0 Å². The van der Waals surface area contributed by atoms with E-state index in [1.54, 1.807) is 36.4 Å². The maximum Gasteiger partial charge on any atom is 0.283 e. The van der Waals surface area contributed by atoms with E-state index in [1.807, 2.05) is 0 Å². The number of rotatable bonds is 4. The van der Waals surface area contributed by atoms with Crippen LogP contribution in [-0.4, -0.2) is 10.2 Å². The summed E-state index contributed by atoms with van der Waals surface area (Å²) in [6.07, 6.45) is 1.53. The molecular weight excluding hydrogens is 258 g/mol. The van der Waals surface area contributed by atoms with Crippen molar-refractivity contribution < 1.29 is 13.6 Å². The molecule has 0 saturated carbocycles. The Morgan fingerprint density at radius 1 is 1.15 bits per heavy atom. The quantitative estimate of drug-likeness (QED) is 0.722. The maximum absolute atomic E-state index is 8.95. The van der Waals surface area contributed by atoms with Gasteiger partial charge in [0, 0.05) is 0 Å². The molecule has 0 N–H and O–H groups in total. The molecule has 6 heteroatoms. The van der Waals surface area contributed by atoms with Crippen LogP contribution >= 0.6 is 0 Å². The van der Waals surface area contributed by atoms with E-state index in [0.717, 1.165) is 0 Å². The van der Waals surface area contributed by atoms with Crippen LogP contribution in [0.25, 0.3) is 11.7 Å². The molecule has 3 aromatic rings. The first-order valence-corrected chi connectivity index (χ1v) is 5.85. The number of ether oxygens (including phenoxy) is 1. The largest absolute Gasteiger partial charge is 0.482 e. The van der Waals surface area contributed by atoms with Crippen LogP contribution in [0.2, 0.25) is 0 Å². The third-order valence-corrected chi connectivity index (χ3v) is 2.56. The molecule has 0 unspecified atom stereocenters. The average molecular weight is 267 g/mol. The van der Waals surface area contributed by atoms with Crippen LogP contribution in [0.15, 0.2) is 51.5 Å². The summed E-state index contributed by atoms with van der Waals surface area (Å²) >= 11 is 0. The molecule has 20 heavy (non-hydrogen) atoms. The van der Waals surface area contributed by atoms with E-state index in [2.05, 4.69) is 16.3 Å². The van der Waals surface area contributed by atoms with Gasteiger partial charge in [0.1, 0.15) is 11.8 Å². The van der Waals surface area contributed by atoms with Crippen molar-refractivity contribution in [3.8, 4) is 23.5 Å². The Balaban J connectivity index is 1.72. The lowest BCUT2D eigenvalue weighted by Crippen LogP contribution is -1.97. The summed E-state index contributed by atoms with van der Waals surface area (Å²) in [6.45, 7) is 0.0897. The number of hydrogen-bond acceptors (Lipinski definition) is 6. The van der Waals surface area contributed by atoms with Gasteiger partial charge in [-0.2, -0.15) is 5.26 Å². The molecule has 0 atom stereocenters. The Bertz CT molecular complexity index is 741. The highest BCUT2D eigenvalue weighted by Gasteiger charge is 2.11. The standard InChI is InChI=1S/C14H9N3O3/c15-8-10-4-1-2-5-11(10)19-9-13-16-17-14(20-13)12-6-3-7-18-12/h1-7H,9H2. The van der Waals surface area contributed by atoms with Crippen molar-refractivity contribution in [3.63, 3.8) is 0 Å². The summed E-state index contributed by atoms with van der Waals surface area (Å²) in [5, 5.41) is 16.7. The molecule has 0 bridgehead atoms. The fourth-order valence-corrected chi connectivity index (χ4v) is 1.64. The fraction of sp³-hybridized carbons (Fsp3) is 0.0714. The van der Waals surface area contributed by atoms with Crippen molar-refractivity contribution in [2.24, 2.45) is 0 Å². The van der Waals surface area contributed by atoms with Gasteiger partial charge in [0.05, 0.1) is 11.8 Å². The van der Waals surface area contributed by atoms with E-state index < -0.39 is 0 Å². The van der Waals surface area contributed by atoms with E-state index in [0.29, 0.717) is 28.9 Å². The third-order valence-electron chi connectivity index (χ3n) is 2.56. The van der Waals surface area contributed by atoms with Gasteiger partial charge in [0.25, 0.3) is 11.8 Å². The minimum atomic E-state index is 0.0897.